The van der Waals surface area contributed by atoms with Crippen LogP contribution in [-0.4, -0.2) is 39.8 Å². The maximum atomic E-state index is 12.8. The van der Waals surface area contributed by atoms with E-state index in [0.717, 1.165) is 11.3 Å². The van der Waals surface area contributed by atoms with E-state index in [1.165, 1.54) is 16.5 Å². The molecule has 2 aliphatic rings. The Morgan fingerprint density at radius 3 is 2.79 bits per heavy atom. The van der Waals surface area contributed by atoms with E-state index in [1.807, 2.05) is 0 Å². The second-order valence-electron chi connectivity index (χ2n) is 5.85. The Morgan fingerprint density at radius 1 is 1.25 bits per heavy atom. The minimum atomic E-state index is -4.02. The molecule has 0 bridgehead atoms. The number of hydrogen-bond acceptors (Lipinski definition) is 8. The van der Waals surface area contributed by atoms with Gasteiger partial charge in [-0.05, 0) is 39.5 Å². The van der Waals surface area contributed by atoms with E-state index >= 15 is 0 Å². The van der Waals surface area contributed by atoms with Crippen molar-refractivity contribution >= 4 is 48.9 Å². The first-order chi connectivity index (χ1) is 13.3. The molecule has 0 saturated carbocycles. The Hall–Kier alpha value is -2.28. The number of sulfonamides is 1. The first-order valence-electron chi connectivity index (χ1n) is 7.92. The maximum absolute atomic E-state index is 12.8. The molecule has 28 heavy (non-hydrogen) atoms. The Balaban J connectivity index is 1.55. The zero-order valence-corrected chi connectivity index (χ0v) is 17.6. The number of likely N-dealkylation sites (N-methyl/N-ethyl adjacent to an activating group) is 1. The average molecular weight is 488 g/mol. The number of amides is 1. The van der Waals surface area contributed by atoms with E-state index in [9.17, 15) is 13.2 Å². The Morgan fingerprint density at radius 2 is 2.04 bits per heavy atom. The van der Waals surface area contributed by atoms with Crippen LogP contribution in [0.3, 0.4) is 0 Å². The molecule has 1 aromatic carbocycles. The van der Waals surface area contributed by atoms with Gasteiger partial charge in [-0.25, -0.2) is 13.1 Å². The van der Waals surface area contributed by atoms with Gasteiger partial charge >= 0.3 is 0 Å². The highest BCUT2D eigenvalue weighted by Gasteiger charge is 2.29. The largest absolute Gasteiger partial charge is 0.454 e. The quantitative estimate of drug-likeness (QED) is 0.666. The zero-order valence-electron chi connectivity index (χ0n) is 14.4. The molecule has 2 aliphatic heterocycles. The third-order valence-electron chi connectivity index (χ3n) is 3.84. The number of hydroxylamine groups is 2. The first-order valence-corrected chi connectivity index (χ1v) is 11.1. The second kappa shape index (κ2) is 7.28. The van der Waals surface area contributed by atoms with Gasteiger partial charge in [0, 0.05) is 18.8 Å². The lowest BCUT2D eigenvalue weighted by atomic mass is 10.2. The van der Waals surface area contributed by atoms with Crippen LogP contribution in [0.2, 0.25) is 0 Å². The summed E-state index contributed by atoms with van der Waals surface area (Å²) in [6, 6.07) is 6.30. The molecule has 0 unspecified atom stereocenters. The molecule has 0 spiro atoms. The Bertz CT molecular complexity index is 1080. The van der Waals surface area contributed by atoms with Crippen molar-refractivity contribution in [3.8, 4) is 11.5 Å². The summed E-state index contributed by atoms with van der Waals surface area (Å²) < 4.78 is 38.9. The smallest absolute Gasteiger partial charge is 0.267 e. The number of fused-ring (bicyclic) bond motifs is 1. The highest BCUT2D eigenvalue weighted by atomic mass is 79.9. The van der Waals surface area contributed by atoms with E-state index in [0.29, 0.717) is 28.2 Å². The topological polar surface area (TPSA) is 106 Å². The monoisotopic (exact) mass is 487 g/mol. The fourth-order valence-corrected chi connectivity index (χ4v) is 5.59. The third kappa shape index (κ3) is 3.68. The van der Waals surface area contributed by atoms with Crippen molar-refractivity contribution in [1.29, 1.82) is 0 Å². The molecule has 2 aromatic rings. The van der Waals surface area contributed by atoms with Crippen LogP contribution < -0.4 is 19.5 Å². The predicted octanol–water partition coefficient (Wildman–Crippen LogP) is 2.45. The van der Waals surface area contributed by atoms with Crippen LogP contribution >= 0.6 is 27.3 Å². The summed E-state index contributed by atoms with van der Waals surface area (Å²) in [7, 11) is -2.35. The summed E-state index contributed by atoms with van der Waals surface area (Å²) in [4.78, 5) is 17.9. The van der Waals surface area contributed by atoms with Crippen LogP contribution in [0, 0.1) is 0 Å². The van der Waals surface area contributed by atoms with Crippen molar-refractivity contribution in [2.75, 3.05) is 25.7 Å². The minimum Gasteiger partial charge on any atom is -0.454 e. The van der Waals surface area contributed by atoms with Crippen LogP contribution in [-0.2, 0) is 14.9 Å². The Labute approximate surface area is 173 Å². The molecule has 0 saturated heterocycles. The molecule has 1 aromatic heterocycles. The Kier molecular flexibility index (Phi) is 4.95. The molecular weight excluding hydrogens is 474 g/mol. The summed E-state index contributed by atoms with van der Waals surface area (Å²) in [6.45, 7) is 0.521. The van der Waals surface area contributed by atoms with Gasteiger partial charge in [-0.15, -0.1) is 16.4 Å². The van der Waals surface area contributed by atoms with Crippen molar-refractivity contribution in [3.63, 3.8) is 0 Å². The van der Waals surface area contributed by atoms with Gasteiger partial charge in [0.05, 0.1) is 11.0 Å². The van der Waals surface area contributed by atoms with Gasteiger partial charge in [-0.1, -0.05) is 0 Å². The molecule has 12 heteroatoms. The number of anilines is 1. The molecule has 0 radical (unpaired) electrons. The molecule has 4 rings (SSSR count). The van der Waals surface area contributed by atoms with Gasteiger partial charge in [0.25, 0.3) is 15.9 Å². The number of benzene rings is 1. The highest BCUT2D eigenvalue weighted by molar-refractivity contribution is 9.11. The average Bonchev–Trinajstić information content (AvgIpc) is 3.35. The van der Waals surface area contributed by atoms with Gasteiger partial charge in [-0.3, -0.25) is 4.79 Å². The van der Waals surface area contributed by atoms with Crippen LogP contribution in [0.25, 0.3) is 0 Å². The number of rotatable bonds is 5. The number of carbonyl (C=O) groups excluding carboxylic acids is 1. The lowest BCUT2D eigenvalue weighted by molar-refractivity contribution is -0.0702. The third-order valence-corrected chi connectivity index (χ3v) is 6.86. The lowest BCUT2D eigenvalue weighted by Gasteiger charge is -2.12. The van der Waals surface area contributed by atoms with Crippen LogP contribution in [0.4, 0.5) is 5.69 Å². The number of ether oxygens (including phenoxy) is 2. The number of halogens is 1. The van der Waals surface area contributed by atoms with E-state index in [2.05, 4.69) is 26.0 Å². The fourth-order valence-electron chi connectivity index (χ4n) is 2.59. The summed E-state index contributed by atoms with van der Waals surface area (Å²) in [5.74, 6) is 0.613. The number of nitrogens with zero attached hydrogens (tertiary/aromatic N) is 1. The second-order valence-corrected chi connectivity index (χ2v) is 9.38. The molecule has 9 nitrogen and oxygen atoms in total. The van der Waals surface area contributed by atoms with Crippen molar-refractivity contribution < 1.29 is 27.5 Å². The predicted molar refractivity (Wildman–Crippen MR) is 105 cm³/mol. The van der Waals surface area contributed by atoms with Gasteiger partial charge in [0.1, 0.15) is 9.77 Å². The fraction of sp³-hybridized carbons (Fsp3) is 0.188. The number of hydrogen-bond donors (Lipinski definition) is 2. The molecule has 0 aliphatic carbocycles. The maximum Gasteiger partial charge on any atom is 0.267 e. The molecule has 2 N–H and O–H groups in total. The van der Waals surface area contributed by atoms with E-state index in [4.69, 9.17) is 14.3 Å². The van der Waals surface area contributed by atoms with Gasteiger partial charge in [0.15, 0.2) is 11.5 Å². The summed E-state index contributed by atoms with van der Waals surface area (Å²) >= 11 is 4.29. The number of carbonyl (C=O) groups is 1. The molecule has 1 amide bonds. The summed E-state index contributed by atoms with van der Waals surface area (Å²) in [6.07, 6.45) is 0. The van der Waals surface area contributed by atoms with Crippen molar-refractivity contribution in [3.05, 3.63) is 44.9 Å². The number of thiophene rings is 1. The molecule has 148 valence electrons. The summed E-state index contributed by atoms with van der Waals surface area (Å²) in [5.41, 5.74) is 0.463. The van der Waals surface area contributed by atoms with Gasteiger partial charge in [-0.2, -0.15) is 0 Å². The van der Waals surface area contributed by atoms with Crippen molar-refractivity contribution in [1.82, 2.24) is 9.79 Å². The lowest BCUT2D eigenvalue weighted by Crippen LogP contribution is -2.27. The highest BCUT2D eigenvalue weighted by Crippen LogP contribution is 2.34. The van der Waals surface area contributed by atoms with Crippen LogP contribution in [0.15, 0.2) is 44.9 Å². The molecule has 0 fully saturated rings. The molecular formula is C16H14BrN3O6S2. The van der Waals surface area contributed by atoms with Crippen molar-refractivity contribution in [2.45, 2.75) is 4.90 Å². The van der Waals surface area contributed by atoms with Gasteiger partial charge < -0.3 is 19.6 Å². The normalized spacial score (nSPS) is 16.2. The number of nitrogens with one attached hydrogen (secondary N) is 2. The van der Waals surface area contributed by atoms with Crippen LogP contribution in [0.1, 0.15) is 9.67 Å². The van der Waals surface area contributed by atoms with Gasteiger partial charge in [0.2, 0.25) is 12.7 Å². The van der Waals surface area contributed by atoms with E-state index < -0.39 is 15.9 Å². The molecule has 3 heterocycles. The first kappa shape index (κ1) is 19.1. The minimum absolute atomic E-state index is 0.0493. The summed E-state index contributed by atoms with van der Waals surface area (Å²) in [5, 5.41) is 5.68. The van der Waals surface area contributed by atoms with Crippen molar-refractivity contribution in [2.24, 2.45) is 0 Å². The SMILES string of the molecule is CN1CC(Br)=C(NS(=O)(=O)c2ccsc2C(=O)Nc2ccc3c(c2)OCO3)O1. The zero-order chi connectivity index (χ0) is 19.9. The standard InChI is InChI=1S/C16H14BrN3O6S2/c1-20-7-10(17)16(26-20)19-28(22,23)13-4-5-27-14(13)15(21)18-9-2-3-11-12(6-9)25-8-24-11/h2-6,19H,7-8H2,1H3,(H,18,21). The van der Waals surface area contributed by atoms with E-state index in [-0.39, 0.29) is 22.4 Å². The van der Waals surface area contributed by atoms with Crippen LogP contribution in [0.5, 0.6) is 11.5 Å². The molecule has 0 atom stereocenters. The van der Waals surface area contributed by atoms with E-state index in [1.54, 1.807) is 25.2 Å².